The minimum absolute atomic E-state index is 0.302. The molecule has 112 valence electrons. The van der Waals surface area contributed by atoms with Gasteiger partial charge in [-0.25, -0.2) is 0 Å². The van der Waals surface area contributed by atoms with Crippen molar-refractivity contribution in [2.24, 2.45) is 11.8 Å². The van der Waals surface area contributed by atoms with Crippen LogP contribution in [0.1, 0.15) is 52.9 Å². The molecule has 3 nitrogen and oxygen atoms in total. The Balaban J connectivity index is 2.40. The summed E-state index contributed by atoms with van der Waals surface area (Å²) in [4.78, 5) is 11.6. The van der Waals surface area contributed by atoms with Crippen LogP contribution in [0.2, 0.25) is 0 Å². The highest BCUT2D eigenvalue weighted by atomic mass is 32.2. The largest absolute Gasteiger partial charge is 0.480 e. The van der Waals surface area contributed by atoms with Gasteiger partial charge in [0.05, 0.1) is 0 Å². The number of hydrogen-bond acceptors (Lipinski definition) is 3. The zero-order chi connectivity index (χ0) is 14.3. The second-order valence-electron chi connectivity index (χ2n) is 5.98. The van der Waals surface area contributed by atoms with Gasteiger partial charge in [-0.15, -0.1) is 0 Å². The summed E-state index contributed by atoms with van der Waals surface area (Å²) in [6, 6.07) is 0. The van der Waals surface area contributed by atoms with E-state index in [1.54, 1.807) is 0 Å². The van der Waals surface area contributed by atoms with E-state index >= 15 is 0 Å². The Bertz CT molecular complexity index is 283. The van der Waals surface area contributed by atoms with Crippen molar-refractivity contribution in [1.29, 1.82) is 0 Å². The minimum Gasteiger partial charge on any atom is -0.480 e. The summed E-state index contributed by atoms with van der Waals surface area (Å²) >= 11 is 1.98. The quantitative estimate of drug-likeness (QED) is 0.638. The molecule has 0 amide bonds. The van der Waals surface area contributed by atoms with Crippen molar-refractivity contribution in [3.63, 3.8) is 0 Å². The van der Waals surface area contributed by atoms with Crippen LogP contribution in [0.4, 0.5) is 0 Å². The van der Waals surface area contributed by atoms with Gasteiger partial charge < -0.3 is 10.4 Å². The minimum atomic E-state index is -0.649. The number of hydrogen-bond donors (Lipinski definition) is 2. The van der Waals surface area contributed by atoms with Crippen molar-refractivity contribution >= 4 is 17.7 Å². The number of carboxylic acid groups (broad SMARTS) is 1. The molecule has 0 heterocycles. The van der Waals surface area contributed by atoms with Crippen LogP contribution in [0.25, 0.3) is 0 Å². The van der Waals surface area contributed by atoms with Crippen LogP contribution in [0, 0.1) is 11.8 Å². The Kier molecular flexibility index (Phi) is 7.22. The lowest BCUT2D eigenvalue weighted by molar-refractivity contribution is -0.146. The molecule has 1 rings (SSSR count). The Morgan fingerprint density at radius 3 is 2.79 bits per heavy atom. The molecule has 0 aromatic rings. The number of nitrogens with one attached hydrogen (secondary N) is 1. The number of aliphatic carboxylic acids is 1. The number of rotatable bonds is 9. The summed E-state index contributed by atoms with van der Waals surface area (Å²) in [7, 11) is 0. The van der Waals surface area contributed by atoms with Gasteiger partial charge in [-0.3, -0.25) is 4.79 Å². The van der Waals surface area contributed by atoms with Crippen molar-refractivity contribution in [3.05, 3.63) is 0 Å². The molecule has 1 fully saturated rings. The molecule has 0 bridgehead atoms. The van der Waals surface area contributed by atoms with E-state index in [1.807, 2.05) is 18.7 Å². The molecule has 2 atom stereocenters. The molecule has 4 heteroatoms. The van der Waals surface area contributed by atoms with E-state index in [-0.39, 0.29) is 0 Å². The number of carbonyl (C=O) groups is 1. The third kappa shape index (κ3) is 4.67. The standard InChI is InChI=1S/C15H29NO2S/c1-4-16-15(14(17)18)9-5-6-13(15)8-11-19-10-7-12(2)3/h12-13,16H,4-11H2,1-3H3,(H,17,18). The normalized spacial score (nSPS) is 27.1. The molecule has 2 N–H and O–H groups in total. The highest BCUT2D eigenvalue weighted by Crippen LogP contribution is 2.39. The summed E-state index contributed by atoms with van der Waals surface area (Å²) < 4.78 is 0. The first-order valence-corrected chi connectivity index (χ1v) is 8.74. The average Bonchev–Trinajstić information content (AvgIpc) is 2.73. The van der Waals surface area contributed by atoms with Crippen LogP contribution < -0.4 is 5.32 Å². The third-order valence-electron chi connectivity index (χ3n) is 4.14. The summed E-state index contributed by atoms with van der Waals surface area (Å²) in [6.45, 7) is 7.23. The second-order valence-corrected chi connectivity index (χ2v) is 7.20. The molecule has 0 spiro atoms. The summed E-state index contributed by atoms with van der Waals surface area (Å²) in [5, 5.41) is 12.8. The monoisotopic (exact) mass is 287 g/mol. The maximum atomic E-state index is 11.6. The zero-order valence-corrected chi connectivity index (χ0v) is 13.4. The predicted octanol–water partition coefficient (Wildman–Crippen LogP) is 3.39. The first kappa shape index (κ1) is 16.8. The summed E-state index contributed by atoms with van der Waals surface area (Å²) in [6.07, 6.45) is 5.18. The number of carboxylic acids is 1. The van der Waals surface area contributed by atoms with Gasteiger partial charge in [-0.05, 0) is 55.6 Å². The fourth-order valence-corrected chi connectivity index (χ4v) is 4.31. The predicted molar refractivity (Wildman–Crippen MR) is 82.8 cm³/mol. The van der Waals surface area contributed by atoms with Crippen LogP contribution >= 0.6 is 11.8 Å². The van der Waals surface area contributed by atoms with Gasteiger partial charge in [0, 0.05) is 0 Å². The van der Waals surface area contributed by atoms with E-state index in [0.717, 1.165) is 43.9 Å². The molecule has 1 saturated carbocycles. The van der Waals surface area contributed by atoms with Gasteiger partial charge in [0.15, 0.2) is 0 Å². The van der Waals surface area contributed by atoms with E-state index in [0.29, 0.717) is 5.92 Å². The lowest BCUT2D eigenvalue weighted by atomic mass is 9.85. The molecule has 0 radical (unpaired) electrons. The average molecular weight is 287 g/mol. The van der Waals surface area contributed by atoms with Crippen LogP contribution in [0.3, 0.4) is 0 Å². The molecule has 0 aromatic heterocycles. The molecule has 0 saturated heterocycles. The maximum absolute atomic E-state index is 11.6. The first-order chi connectivity index (χ1) is 9.03. The summed E-state index contributed by atoms with van der Waals surface area (Å²) in [5.41, 5.74) is -0.645. The Labute approximate surface area is 121 Å². The van der Waals surface area contributed by atoms with Crippen molar-refractivity contribution < 1.29 is 9.90 Å². The van der Waals surface area contributed by atoms with Crippen molar-refractivity contribution in [2.75, 3.05) is 18.1 Å². The smallest absolute Gasteiger partial charge is 0.324 e. The fraction of sp³-hybridized carbons (Fsp3) is 0.933. The fourth-order valence-electron chi connectivity index (χ4n) is 3.02. The van der Waals surface area contributed by atoms with Gasteiger partial charge in [-0.2, -0.15) is 11.8 Å². The lowest BCUT2D eigenvalue weighted by Gasteiger charge is -2.32. The van der Waals surface area contributed by atoms with Crippen molar-refractivity contribution in [3.8, 4) is 0 Å². The zero-order valence-electron chi connectivity index (χ0n) is 12.6. The van der Waals surface area contributed by atoms with Crippen molar-refractivity contribution in [1.82, 2.24) is 5.32 Å². The van der Waals surface area contributed by atoms with Crippen LogP contribution in [-0.4, -0.2) is 34.7 Å². The van der Waals surface area contributed by atoms with Gasteiger partial charge in [0.2, 0.25) is 0 Å². The van der Waals surface area contributed by atoms with E-state index in [2.05, 4.69) is 19.2 Å². The highest BCUT2D eigenvalue weighted by Gasteiger charge is 2.47. The van der Waals surface area contributed by atoms with E-state index in [9.17, 15) is 9.90 Å². The molecular formula is C15H29NO2S. The lowest BCUT2D eigenvalue weighted by Crippen LogP contribution is -2.54. The molecule has 1 aliphatic rings. The molecule has 2 unspecified atom stereocenters. The number of thioether (sulfide) groups is 1. The second kappa shape index (κ2) is 8.15. The molecule has 0 aromatic carbocycles. The Morgan fingerprint density at radius 1 is 1.47 bits per heavy atom. The van der Waals surface area contributed by atoms with Gasteiger partial charge in [0.1, 0.15) is 5.54 Å². The topological polar surface area (TPSA) is 49.3 Å². The van der Waals surface area contributed by atoms with Gasteiger partial charge in [0.25, 0.3) is 0 Å². The third-order valence-corrected chi connectivity index (χ3v) is 5.19. The SMILES string of the molecule is CCNC1(C(=O)O)CCCC1CCSCCC(C)C. The van der Waals surface area contributed by atoms with Gasteiger partial charge in [-0.1, -0.05) is 27.2 Å². The van der Waals surface area contributed by atoms with E-state index in [4.69, 9.17) is 0 Å². The van der Waals surface area contributed by atoms with Crippen molar-refractivity contribution in [2.45, 2.75) is 58.4 Å². The Hall–Kier alpha value is -0.220. The van der Waals surface area contributed by atoms with Gasteiger partial charge >= 0.3 is 5.97 Å². The number of likely N-dealkylation sites (N-methyl/N-ethyl adjacent to an activating group) is 1. The maximum Gasteiger partial charge on any atom is 0.324 e. The van der Waals surface area contributed by atoms with Crippen LogP contribution in [0.5, 0.6) is 0 Å². The molecule has 1 aliphatic carbocycles. The summed E-state index contributed by atoms with van der Waals surface area (Å²) in [5.74, 6) is 2.71. The van der Waals surface area contributed by atoms with Crippen LogP contribution in [-0.2, 0) is 4.79 Å². The molecule has 0 aliphatic heterocycles. The van der Waals surface area contributed by atoms with E-state index in [1.165, 1.54) is 12.2 Å². The molecule has 19 heavy (non-hydrogen) atoms. The Morgan fingerprint density at radius 2 is 2.21 bits per heavy atom. The van der Waals surface area contributed by atoms with Crippen LogP contribution in [0.15, 0.2) is 0 Å². The van der Waals surface area contributed by atoms with E-state index < -0.39 is 11.5 Å². The first-order valence-electron chi connectivity index (χ1n) is 7.59. The highest BCUT2D eigenvalue weighted by molar-refractivity contribution is 7.99. The molecular weight excluding hydrogens is 258 g/mol.